The van der Waals surface area contributed by atoms with Crippen molar-refractivity contribution in [2.45, 2.75) is 65.3 Å². The van der Waals surface area contributed by atoms with E-state index in [1.54, 1.807) is 38.7 Å². The first kappa shape index (κ1) is 25.9. The van der Waals surface area contributed by atoms with Gasteiger partial charge in [0.25, 0.3) is 0 Å². The number of aryl methyl sites for hydroxylation is 1. The SMILES string of the molecule is COc1cc(C(F)(F)F)ccc1-c1oc(C(O)[C@@]2(C)CCCN(C(=O)OC(C)(C)C)C2)cc1C. The van der Waals surface area contributed by atoms with Crippen LogP contribution in [0.3, 0.4) is 0 Å². The summed E-state index contributed by atoms with van der Waals surface area (Å²) in [5.74, 6) is 0.624. The van der Waals surface area contributed by atoms with Crippen LogP contribution in [0.5, 0.6) is 5.75 Å². The Morgan fingerprint density at radius 2 is 1.91 bits per heavy atom. The molecule has 9 heteroatoms. The molecule has 0 saturated carbocycles. The minimum Gasteiger partial charge on any atom is -0.496 e. The molecule has 34 heavy (non-hydrogen) atoms. The number of ether oxygens (including phenoxy) is 2. The summed E-state index contributed by atoms with van der Waals surface area (Å²) in [4.78, 5) is 14.2. The van der Waals surface area contributed by atoms with E-state index in [0.717, 1.165) is 12.1 Å². The Labute approximate surface area is 197 Å². The lowest BCUT2D eigenvalue weighted by atomic mass is 9.76. The van der Waals surface area contributed by atoms with Crippen molar-refractivity contribution >= 4 is 6.09 Å². The van der Waals surface area contributed by atoms with Crippen LogP contribution < -0.4 is 4.74 Å². The first-order valence-corrected chi connectivity index (χ1v) is 11.2. The number of aliphatic hydroxyl groups excluding tert-OH is 1. The van der Waals surface area contributed by atoms with E-state index in [0.29, 0.717) is 36.3 Å². The normalized spacial score (nSPS) is 20.2. The molecule has 3 rings (SSSR count). The summed E-state index contributed by atoms with van der Waals surface area (Å²) >= 11 is 0. The Morgan fingerprint density at radius 3 is 2.50 bits per heavy atom. The van der Waals surface area contributed by atoms with Crippen molar-refractivity contribution in [2.75, 3.05) is 20.2 Å². The van der Waals surface area contributed by atoms with Gasteiger partial charge < -0.3 is 23.9 Å². The Balaban J connectivity index is 1.88. The van der Waals surface area contributed by atoms with Crippen molar-refractivity contribution in [2.24, 2.45) is 5.41 Å². The van der Waals surface area contributed by atoms with Gasteiger partial charge in [0.1, 0.15) is 29.0 Å². The average molecular weight is 484 g/mol. The number of halogens is 3. The number of alkyl halides is 3. The van der Waals surface area contributed by atoms with Gasteiger partial charge in [0, 0.05) is 18.5 Å². The number of nitrogens with zero attached hydrogens (tertiary/aromatic N) is 1. The molecule has 188 valence electrons. The average Bonchev–Trinajstić information content (AvgIpc) is 3.12. The highest BCUT2D eigenvalue weighted by Crippen LogP contribution is 2.45. The molecule has 0 spiro atoms. The van der Waals surface area contributed by atoms with Crippen LogP contribution in [-0.2, 0) is 10.9 Å². The van der Waals surface area contributed by atoms with E-state index in [2.05, 4.69) is 0 Å². The summed E-state index contributed by atoms with van der Waals surface area (Å²) in [7, 11) is 1.29. The van der Waals surface area contributed by atoms with E-state index >= 15 is 0 Å². The molecule has 2 aromatic rings. The number of rotatable bonds is 4. The van der Waals surface area contributed by atoms with Gasteiger partial charge >= 0.3 is 12.3 Å². The van der Waals surface area contributed by atoms with Gasteiger partial charge in [-0.15, -0.1) is 0 Å². The van der Waals surface area contributed by atoms with Crippen LogP contribution in [0.2, 0.25) is 0 Å². The van der Waals surface area contributed by atoms with Crippen molar-refractivity contribution in [3.8, 4) is 17.1 Å². The summed E-state index contributed by atoms with van der Waals surface area (Å²) in [5.41, 5.74) is -1.14. The van der Waals surface area contributed by atoms with E-state index in [-0.39, 0.29) is 18.1 Å². The fourth-order valence-corrected chi connectivity index (χ4v) is 4.28. The van der Waals surface area contributed by atoms with Gasteiger partial charge in [0.15, 0.2) is 0 Å². The zero-order chi connectivity index (χ0) is 25.5. The summed E-state index contributed by atoms with van der Waals surface area (Å²) < 4.78 is 56.0. The molecule has 6 nitrogen and oxygen atoms in total. The number of aliphatic hydroxyl groups is 1. The Morgan fingerprint density at radius 1 is 1.24 bits per heavy atom. The number of likely N-dealkylation sites (tertiary alicyclic amines) is 1. The molecular weight excluding hydrogens is 451 g/mol. The van der Waals surface area contributed by atoms with Crippen molar-refractivity contribution in [3.63, 3.8) is 0 Å². The number of furan rings is 1. The maximum absolute atomic E-state index is 13.1. The van der Waals surface area contributed by atoms with E-state index in [4.69, 9.17) is 13.9 Å². The van der Waals surface area contributed by atoms with Gasteiger partial charge in [-0.1, -0.05) is 6.92 Å². The molecule has 1 N–H and O–H groups in total. The standard InChI is InChI=1S/C25H32F3NO5/c1-15-12-19(33-20(15)17-9-8-16(25(26,27)28)13-18(17)32-6)21(30)24(5)10-7-11-29(14-24)22(31)34-23(2,3)4/h8-9,12-13,21,30H,7,10-11,14H2,1-6H3/t21?,24-/m0/s1. The molecule has 0 aliphatic carbocycles. The first-order chi connectivity index (χ1) is 15.6. The van der Waals surface area contributed by atoms with Gasteiger partial charge in [-0.3, -0.25) is 0 Å². The Bertz CT molecular complexity index is 1040. The third kappa shape index (κ3) is 5.51. The van der Waals surface area contributed by atoms with Gasteiger partial charge in [0.2, 0.25) is 0 Å². The number of hydrogen-bond acceptors (Lipinski definition) is 5. The lowest BCUT2D eigenvalue weighted by molar-refractivity contribution is -0.137. The maximum atomic E-state index is 13.1. The monoisotopic (exact) mass is 483 g/mol. The number of carbonyl (C=O) groups excluding carboxylic acids is 1. The number of benzene rings is 1. The molecule has 0 bridgehead atoms. The van der Waals surface area contributed by atoms with Crippen LogP contribution in [0, 0.1) is 12.3 Å². The van der Waals surface area contributed by atoms with Crippen molar-refractivity contribution < 1.29 is 37.0 Å². The molecule has 1 unspecified atom stereocenters. The fourth-order valence-electron chi connectivity index (χ4n) is 4.28. The van der Waals surface area contributed by atoms with Crippen LogP contribution >= 0.6 is 0 Å². The molecule has 1 fully saturated rings. The topological polar surface area (TPSA) is 72.1 Å². The number of methoxy groups -OCH3 is 1. The summed E-state index contributed by atoms with van der Waals surface area (Å²) in [5, 5.41) is 11.2. The number of amides is 1. The molecule has 2 atom stereocenters. The highest BCUT2D eigenvalue weighted by atomic mass is 19.4. The van der Waals surface area contributed by atoms with E-state index < -0.39 is 35.0 Å². The van der Waals surface area contributed by atoms with Crippen LogP contribution in [-0.4, -0.2) is 41.9 Å². The zero-order valence-electron chi connectivity index (χ0n) is 20.4. The largest absolute Gasteiger partial charge is 0.496 e. The summed E-state index contributed by atoms with van der Waals surface area (Å²) in [6, 6.07) is 4.87. The first-order valence-electron chi connectivity index (χ1n) is 11.2. The quantitative estimate of drug-likeness (QED) is 0.548. The second-order valence-corrected chi connectivity index (χ2v) is 10.1. The van der Waals surface area contributed by atoms with Crippen LogP contribution in [0.15, 0.2) is 28.7 Å². The summed E-state index contributed by atoms with van der Waals surface area (Å²) in [6.07, 6.45) is -4.62. The molecule has 1 aromatic carbocycles. The maximum Gasteiger partial charge on any atom is 0.416 e. The second-order valence-electron chi connectivity index (χ2n) is 10.1. The molecule has 0 radical (unpaired) electrons. The third-order valence-electron chi connectivity index (χ3n) is 6.02. The van der Waals surface area contributed by atoms with Gasteiger partial charge in [-0.2, -0.15) is 13.2 Å². The van der Waals surface area contributed by atoms with Crippen molar-refractivity contribution in [1.29, 1.82) is 0 Å². The van der Waals surface area contributed by atoms with Gasteiger partial charge in [-0.25, -0.2) is 4.79 Å². The highest BCUT2D eigenvalue weighted by Gasteiger charge is 2.42. The Hall–Kier alpha value is -2.68. The molecule has 2 heterocycles. The number of hydrogen-bond donors (Lipinski definition) is 1. The van der Waals surface area contributed by atoms with E-state index in [1.165, 1.54) is 13.2 Å². The minimum absolute atomic E-state index is 0.0216. The Kier molecular flexibility index (Phi) is 6.99. The van der Waals surface area contributed by atoms with Crippen LogP contribution in [0.4, 0.5) is 18.0 Å². The molecule has 1 aromatic heterocycles. The summed E-state index contributed by atoms with van der Waals surface area (Å²) in [6.45, 7) is 9.83. The third-order valence-corrected chi connectivity index (χ3v) is 6.02. The molecule has 1 amide bonds. The van der Waals surface area contributed by atoms with Crippen molar-refractivity contribution in [1.82, 2.24) is 4.90 Å². The smallest absolute Gasteiger partial charge is 0.416 e. The molecular formula is C25H32F3NO5. The molecule has 1 saturated heterocycles. The number of carbonyl (C=O) groups is 1. The predicted molar refractivity (Wildman–Crippen MR) is 121 cm³/mol. The number of piperidine rings is 1. The minimum atomic E-state index is -4.50. The second kappa shape index (κ2) is 9.17. The highest BCUT2D eigenvalue weighted by molar-refractivity contribution is 5.70. The van der Waals surface area contributed by atoms with Gasteiger partial charge in [0.05, 0.1) is 18.2 Å². The lowest BCUT2D eigenvalue weighted by Crippen LogP contribution is -2.48. The zero-order valence-corrected chi connectivity index (χ0v) is 20.4. The predicted octanol–water partition coefficient (Wildman–Crippen LogP) is 6.35. The van der Waals surface area contributed by atoms with Gasteiger partial charge in [-0.05, 0) is 70.4 Å². The fraction of sp³-hybridized carbons (Fsp3) is 0.560. The van der Waals surface area contributed by atoms with Crippen molar-refractivity contribution in [3.05, 3.63) is 41.2 Å². The van der Waals surface area contributed by atoms with E-state index in [1.807, 2.05) is 6.92 Å². The van der Waals surface area contributed by atoms with E-state index in [9.17, 15) is 23.1 Å². The van der Waals surface area contributed by atoms with Crippen LogP contribution in [0.25, 0.3) is 11.3 Å². The lowest BCUT2D eigenvalue weighted by Gasteiger charge is -2.42. The molecule has 1 aliphatic heterocycles. The van der Waals surface area contributed by atoms with Crippen LogP contribution in [0.1, 0.15) is 63.5 Å². The molecule has 1 aliphatic rings.